The van der Waals surface area contributed by atoms with Gasteiger partial charge in [0, 0.05) is 5.41 Å². The molecule has 1 aromatic rings. The van der Waals surface area contributed by atoms with Crippen LogP contribution < -0.4 is 10.6 Å². The summed E-state index contributed by atoms with van der Waals surface area (Å²) in [4.78, 5) is 12.1. The molecule has 0 radical (unpaired) electrons. The zero-order chi connectivity index (χ0) is 12.8. The van der Waals surface area contributed by atoms with Crippen molar-refractivity contribution in [1.29, 1.82) is 0 Å². The number of carbonyl (C=O) groups excluding carboxylic acids is 1. The Kier molecular flexibility index (Phi) is 2.64. The molecule has 1 atom stereocenters. The van der Waals surface area contributed by atoms with Crippen LogP contribution in [0.15, 0.2) is 4.52 Å². The highest BCUT2D eigenvalue weighted by Gasteiger charge is 2.36. The summed E-state index contributed by atoms with van der Waals surface area (Å²) in [6.07, 6.45) is -0.143. The summed E-state index contributed by atoms with van der Waals surface area (Å²) in [7, 11) is 0. The first-order valence-electron chi connectivity index (χ1n) is 5.87. The van der Waals surface area contributed by atoms with E-state index in [-0.39, 0.29) is 23.4 Å². The summed E-state index contributed by atoms with van der Waals surface area (Å²) in [5.41, 5.74) is 1.16. The van der Waals surface area contributed by atoms with Crippen LogP contribution in [-0.4, -0.2) is 17.2 Å². The smallest absolute Gasteiger partial charge is 0.260 e. The molecular formula is C12H19N3O2. The molecular weight excluding hydrogens is 218 g/mol. The van der Waals surface area contributed by atoms with Gasteiger partial charge in [0.1, 0.15) is 17.4 Å². The van der Waals surface area contributed by atoms with Crippen LogP contribution in [-0.2, 0) is 0 Å². The topological polar surface area (TPSA) is 67.2 Å². The molecule has 0 saturated heterocycles. The number of carbonyl (C=O) groups is 1. The van der Waals surface area contributed by atoms with Crippen molar-refractivity contribution < 1.29 is 9.32 Å². The summed E-state index contributed by atoms with van der Waals surface area (Å²) >= 11 is 0. The van der Waals surface area contributed by atoms with Gasteiger partial charge in [-0.3, -0.25) is 4.79 Å². The van der Waals surface area contributed by atoms with Crippen molar-refractivity contribution in [2.45, 2.75) is 46.7 Å². The molecule has 1 amide bonds. The van der Waals surface area contributed by atoms with Gasteiger partial charge in [0.05, 0.1) is 0 Å². The Hall–Kier alpha value is -1.52. The Balaban J connectivity index is 2.37. The molecule has 0 bridgehead atoms. The maximum atomic E-state index is 12.1. The zero-order valence-corrected chi connectivity index (χ0v) is 10.9. The predicted molar refractivity (Wildman–Crippen MR) is 64.9 cm³/mol. The van der Waals surface area contributed by atoms with Crippen molar-refractivity contribution in [3.05, 3.63) is 11.3 Å². The van der Waals surface area contributed by atoms with E-state index in [4.69, 9.17) is 4.52 Å². The molecule has 1 aromatic heterocycles. The van der Waals surface area contributed by atoms with E-state index in [1.807, 2.05) is 13.8 Å². The summed E-state index contributed by atoms with van der Waals surface area (Å²) in [5, 5.41) is 10.1. The Morgan fingerprint density at radius 3 is 2.47 bits per heavy atom. The van der Waals surface area contributed by atoms with Gasteiger partial charge in [-0.1, -0.05) is 39.8 Å². The lowest BCUT2D eigenvalue weighted by molar-refractivity contribution is 0.0900. The van der Waals surface area contributed by atoms with E-state index in [0.29, 0.717) is 17.1 Å². The van der Waals surface area contributed by atoms with E-state index in [1.165, 1.54) is 0 Å². The van der Waals surface area contributed by atoms with Crippen LogP contribution in [0.3, 0.4) is 0 Å². The molecule has 5 heteroatoms. The molecule has 0 fully saturated rings. The molecule has 1 aliphatic heterocycles. The predicted octanol–water partition coefficient (Wildman–Crippen LogP) is 2.33. The number of hydrogen-bond acceptors (Lipinski definition) is 4. The Labute approximate surface area is 101 Å². The van der Waals surface area contributed by atoms with Crippen LogP contribution in [0, 0.1) is 5.41 Å². The number of nitrogens with one attached hydrogen (secondary N) is 2. The fourth-order valence-electron chi connectivity index (χ4n) is 1.82. The second-order valence-electron chi connectivity index (χ2n) is 5.84. The van der Waals surface area contributed by atoms with Gasteiger partial charge in [0.25, 0.3) is 5.91 Å². The maximum Gasteiger partial charge on any atom is 0.260 e. The summed E-state index contributed by atoms with van der Waals surface area (Å²) in [6, 6.07) is 0. The van der Waals surface area contributed by atoms with Crippen LogP contribution in [0.2, 0.25) is 0 Å². The number of amides is 1. The number of rotatable bonds is 1. The Bertz CT molecular complexity index is 443. The first kappa shape index (κ1) is 12.0. The van der Waals surface area contributed by atoms with Crippen molar-refractivity contribution in [2.75, 3.05) is 5.32 Å². The second-order valence-corrected chi connectivity index (χ2v) is 5.84. The second kappa shape index (κ2) is 3.75. The fraction of sp³-hybridized carbons (Fsp3) is 0.667. The quantitative estimate of drug-likeness (QED) is 0.786. The molecule has 1 aliphatic rings. The van der Waals surface area contributed by atoms with E-state index in [0.717, 1.165) is 0 Å². The van der Waals surface area contributed by atoms with Gasteiger partial charge in [-0.15, -0.1) is 0 Å². The van der Waals surface area contributed by atoms with E-state index in [1.54, 1.807) is 0 Å². The van der Waals surface area contributed by atoms with Crippen LogP contribution in [0.5, 0.6) is 0 Å². The van der Waals surface area contributed by atoms with Crippen molar-refractivity contribution in [2.24, 2.45) is 5.41 Å². The lowest BCUT2D eigenvalue weighted by Crippen LogP contribution is -2.52. The first-order chi connectivity index (χ1) is 7.80. The highest BCUT2D eigenvalue weighted by Crippen LogP contribution is 2.32. The third kappa shape index (κ3) is 2.01. The van der Waals surface area contributed by atoms with Crippen molar-refractivity contribution in [3.63, 3.8) is 0 Å². The zero-order valence-electron chi connectivity index (χ0n) is 10.9. The molecule has 2 heterocycles. The monoisotopic (exact) mass is 237 g/mol. The normalized spacial score (nSPS) is 19.9. The average Bonchev–Trinajstić information content (AvgIpc) is 2.60. The van der Waals surface area contributed by atoms with Gasteiger partial charge in [-0.25, -0.2) is 0 Å². The molecule has 0 spiro atoms. The summed E-state index contributed by atoms with van der Waals surface area (Å²) < 4.78 is 5.22. The van der Waals surface area contributed by atoms with Crippen molar-refractivity contribution in [1.82, 2.24) is 10.5 Å². The lowest BCUT2D eigenvalue weighted by Gasteiger charge is -2.34. The molecule has 0 aromatic carbocycles. The minimum absolute atomic E-state index is 0.0852. The Morgan fingerprint density at radius 2 is 1.94 bits per heavy atom. The fourth-order valence-corrected chi connectivity index (χ4v) is 1.82. The summed E-state index contributed by atoms with van der Waals surface area (Å²) in [6.45, 7) is 10.1. The lowest BCUT2D eigenvalue weighted by atomic mass is 9.90. The molecule has 0 aliphatic carbocycles. The van der Waals surface area contributed by atoms with Crippen LogP contribution in [0.1, 0.15) is 56.6 Å². The van der Waals surface area contributed by atoms with Gasteiger partial charge in [0.15, 0.2) is 0 Å². The van der Waals surface area contributed by atoms with Crippen LogP contribution in [0.4, 0.5) is 5.88 Å². The molecule has 94 valence electrons. The molecule has 17 heavy (non-hydrogen) atoms. The van der Waals surface area contributed by atoms with Gasteiger partial charge in [-0.2, -0.15) is 0 Å². The molecule has 1 unspecified atom stereocenters. The maximum absolute atomic E-state index is 12.1. The van der Waals surface area contributed by atoms with E-state index < -0.39 is 0 Å². The van der Waals surface area contributed by atoms with Crippen molar-refractivity contribution >= 4 is 11.8 Å². The SMILES string of the molecule is CC(C)c1noc2c1C(=O)NC(C(C)(C)C)N2. The minimum atomic E-state index is -0.143. The van der Waals surface area contributed by atoms with Crippen LogP contribution in [0.25, 0.3) is 0 Å². The number of hydrogen-bond donors (Lipinski definition) is 2. The van der Waals surface area contributed by atoms with E-state index in [9.17, 15) is 4.79 Å². The highest BCUT2D eigenvalue weighted by molar-refractivity contribution is 6.01. The molecule has 2 rings (SSSR count). The number of anilines is 1. The van der Waals surface area contributed by atoms with Gasteiger partial charge >= 0.3 is 0 Å². The van der Waals surface area contributed by atoms with Gasteiger partial charge < -0.3 is 15.2 Å². The van der Waals surface area contributed by atoms with E-state index in [2.05, 4.69) is 36.6 Å². The largest absolute Gasteiger partial charge is 0.338 e. The van der Waals surface area contributed by atoms with Gasteiger partial charge in [0.2, 0.25) is 5.88 Å². The third-order valence-corrected chi connectivity index (χ3v) is 2.91. The third-order valence-electron chi connectivity index (χ3n) is 2.91. The van der Waals surface area contributed by atoms with Crippen molar-refractivity contribution in [3.8, 4) is 0 Å². The summed E-state index contributed by atoms with van der Waals surface area (Å²) in [5.74, 6) is 0.544. The first-order valence-corrected chi connectivity index (χ1v) is 5.87. The molecule has 5 nitrogen and oxygen atoms in total. The minimum Gasteiger partial charge on any atom is -0.338 e. The van der Waals surface area contributed by atoms with Crippen LogP contribution >= 0.6 is 0 Å². The molecule has 2 N–H and O–H groups in total. The highest BCUT2D eigenvalue weighted by atomic mass is 16.5. The van der Waals surface area contributed by atoms with Gasteiger partial charge in [-0.05, 0) is 5.92 Å². The number of nitrogens with zero attached hydrogens (tertiary/aromatic N) is 1. The standard InChI is InChI=1S/C12H19N3O2/c1-6(2)8-7-9(16)13-11(12(3,4)5)14-10(7)17-15-8/h6,11,14H,1-5H3,(H,13,16). The number of aromatic nitrogens is 1. The van der Waals surface area contributed by atoms with E-state index >= 15 is 0 Å². The molecule has 0 saturated carbocycles. The number of fused-ring (bicyclic) bond motifs is 1. The Morgan fingerprint density at radius 1 is 1.29 bits per heavy atom. The average molecular weight is 237 g/mol.